The van der Waals surface area contributed by atoms with Gasteiger partial charge in [-0.15, -0.1) is 0 Å². The van der Waals surface area contributed by atoms with Gasteiger partial charge in [-0.1, -0.05) is 11.6 Å². The number of nitrogens with one attached hydrogen (secondary N) is 1. The highest BCUT2D eigenvalue weighted by molar-refractivity contribution is 6.31. The van der Waals surface area contributed by atoms with E-state index < -0.39 is 36.3 Å². The number of amides is 2. The number of carbonyl (C=O) groups excluding carboxylic acids is 2. The molecule has 1 aliphatic carbocycles. The summed E-state index contributed by atoms with van der Waals surface area (Å²) in [5, 5.41) is 16.3. The third-order valence-corrected chi connectivity index (χ3v) is 8.02. The number of aliphatic hydroxyl groups is 1. The van der Waals surface area contributed by atoms with Gasteiger partial charge >= 0.3 is 6.61 Å². The molecule has 0 radical (unpaired) electrons. The Morgan fingerprint density at radius 1 is 1.25 bits per heavy atom. The predicted octanol–water partition coefficient (Wildman–Crippen LogP) is 4.77. The first-order chi connectivity index (χ1) is 21.0. The molecule has 0 unspecified atom stereocenters. The quantitative estimate of drug-likeness (QED) is 0.271. The van der Waals surface area contributed by atoms with Crippen molar-refractivity contribution in [2.75, 3.05) is 16.8 Å². The zero-order chi connectivity index (χ0) is 31.3. The van der Waals surface area contributed by atoms with E-state index in [1.165, 1.54) is 6.20 Å². The van der Waals surface area contributed by atoms with Crippen molar-refractivity contribution in [3.63, 3.8) is 0 Å². The molecule has 15 heteroatoms. The number of pyridine rings is 1. The SMILES string of the molecule is Cc1cc([C@@H](C)n2cc(NC(=O)c3nc(-c4c(OC(F)F)ccc(Cl)c4F)cnc3CO)cn2)cnc1N1C[C@H]2C[C@H]2C1=O. The number of hydrogen-bond donors (Lipinski definition) is 2. The highest BCUT2D eigenvalue weighted by atomic mass is 35.5. The molecule has 0 spiro atoms. The third kappa shape index (κ3) is 5.46. The molecule has 3 atom stereocenters. The molecule has 2 fully saturated rings. The van der Waals surface area contributed by atoms with Gasteiger partial charge in [0.15, 0.2) is 11.5 Å². The van der Waals surface area contributed by atoms with Gasteiger partial charge in [0, 0.05) is 24.9 Å². The number of rotatable bonds is 9. The Morgan fingerprint density at radius 2 is 2.05 bits per heavy atom. The Morgan fingerprint density at radius 3 is 2.73 bits per heavy atom. The lowest BCUT2D eigenvalue weighted by Gasteiger charge is -2.21. The summed E-state index contributed by atoms with van der Waals surface area (Å²) in [4.78, 5) is 40.1. The van der Waals surface area contributed by atoms with E-state index in [9.17, 15) is 27.9 Å². The number of aromatic nitrogens is 5. The van der Waals surface area contributed by atoms with Crippen molar-refractivity contribution in [2.45, 2.75) is 39.5 Å². The maximum absolute atomic E-state index is 14.9. The van der Waals surface area contributed by atoms with Crippen LogP contribution in [0.2, 0.25) is 5.02 Å². The first-order valence-corrected chi connectivity index (χ1v) is 14.0. The van der Waals surface area contributed by atoms with Gasteiger partial charge in [0.1, 0.15) is 11.6 Å². The van der Waals surface area contributed by atoms with E-state index >= 15 is 0 Å². The predicted molar refractivity (Wildman–Crippen MR) is 152 cm³/mol. The van der Waals surface area contributed by atoms with Gasteiger partial charge in [-0.3, -0.25) is 24.2 Å². The summed E-state index contributed by atoms with van der Waals surface area (Å²) in [6.45, 7) is 0.534. The Bertz CT molecular complexity index is 1790. The molecule has 4 aromatic rings. The van der Waals surface area contributed by atoms with Gasteiger partial charge in [-0.2, -0.15) is 13.9 Å². The van der Waals surface area contributed by atoms with Gasteiger partial charge < -0.3 is 15.2 Å². The van der Waals surface area contributed by atoms with Crippen LogP contribution in [0.3, 0.4) is 0 Å². The van der Waals surface area contributed by atoms with Crippen molar-refractivity contribution in [3.05, 3.63) is 76.3 Å². The topological polar surface area (TPSA) is 135 Å². The Labute approximate surface area is 253 Å². The monoisotopic (exact) mass is 627 g/mol. The zero-order valence-corrected chi connectivity index (χ0v) is 24.1. The van der Waals surface area contributed by atoms with Gasteiger partial charge in [0.2, 0.25) is 5.91 Å². The van der Waals surface area contributed by atoms with Crippen molar-refractivity contribution in [3.8, 4) is 17.0 Å². The fraction of sp³-hybridized carbons (Fsp3) is 0.310. The molecule has 4 heterocycles. The fourth-order valence-corrected chi connectivity index (χ4v) is 5.48. The molecule has 2 aliphatic rings. The van der Waals surface area contributed by atoms with Crippen LogP contribution >= 0.6 is 11.6 Å². The highest BCUT2D eigenvalue weighted by Crippen LogP contribution is 2.47. The van der Waals surface area contributed by atoms with E-state index in [1.807, 2.05) is 19.9 Å². The first-order valence-electron chi connectivity index (χ1n) is 13.6. The van der Waals surface area contributed by atoms with E-state index in [-0.39, 0.29) is 45.7 Å². The Balaban J connectivity index is 1.22. The summed E-state index contributed by atoms with van der Waals surface area (Å²) >= 11 is 5.86. The van der Waals surface area contributed by atoms with Crippen LogP contribution in [0.1, 0.15) is 46.7 Å². The molecule has 1 aromatic carbocycles. The number of hydrogen-bond acceptors (Lipinski definition) is 8. The number of nitrogens with zero attached hydrogens (tertiary/aromatic N) is 6. The largest absolute Gasteiger partial charge is 0.434 e. The summed E-state index contributed by atoms with van der Waals surface area (Å²) in [7, 11) is 0. The second kappa shape index (κ2) is 11.5. The highest BCUT2D eigenvalue weighted by Gasteiger charge is 2.53. The second-order valence-corrected chi connectivity index (χ2v) is 11.0. The van der Waals surface area contributed by atoms with E-state index in [4.69, 9.17) is 11.6 Å². The van der Waals surface area contributed by atoms with Gasteiger partial charge in [-0.25, -0.2) is 14.4 Å². The minimum atomic E-state index is -3.27. The van der Waals surface area contributed by atoms with Crippen molar-refractivity contribution >= 4 is 34.9 Å². The van der Waals surface area contributed by atoms with E-state index in [2.05, 4.69) is 30.1 Å². The molecule has 1 saturated carbocycles. The van der Waals surface area contributed by atoms with Crippen LogP contribution in [0.4, 0.5) is 24.7 Å². The van der Waals surface area contributed by atoms with E-state index in [0.717, 1.165) is 35.9 Å². The van der Waals surface area contributed by atoms with Crippen LogP contribution < -0.4 is 15.0 Å². The molecule has 228 valence electrons. The van der Waals surface area contributed by atoms with E-state index in [1.54, 1.807) is 22.0 Å². The zero-order valence-electron chi connectivity index (χ0n) is 23.3. The molecule has 2 N–H and O–H groups in total. The standard InChI is InChI=1S/C29H25ClF3N7O4/c1-13-5-15(7-35-26(13)39-10-16-6-18(16)28(39)43)14(2)40-11-17(8-36-40)37-27(42)25-21(12-41)34-9-20(38-25)23-22(44-29(32)33)4-3-19(30)24(23)31/h3-5,7-9,11,14,16,18,29,41H,6,10,12H2,1-2H3,(H,37,42)/t14-,16-,18-/m1/s1. The van der Waals surface area contributed by atoms with Crippen molar-refractivity contribution in [1.29, 1.82) is 0 Å². The van der Waals surface area contributed by atoms with Crippen molar-refractivity contribution < 1.29 is 32.6 Å². The lowest BCUT2D eigenvalue weighted by atomic mass is 10.1. The molecule has 6 rings (SSSR count). The molecule has 2 amide bonds. The molecular formula is C29H25ClF3N7O4. The number of alkyl halides is 2. The summed E-state index contributed by atoms with van der Waals surface area (Å²) in [5.74, 6) is -1.14. The van der Waals surface area contributed by atoms with Crippen LogP contribution in [0.15, 0.2) is 43.0 Å². The normalized spacial score (nSPS) is 18.0. The molecule has 44 heavy (non-hydrogen) atoms. The van der Waals surface area contributed by atoms with Gasteiger partial charge in [0.05, 0.1) is 52.7 Å². The summed E-state index contributed by atoms with van der Waals surface area (Å²) < 4.78 is 46.9. The average Bonchev–Trinajstić information content (AvgIpc) is 3.50. The number of carbonyl (C=O) groups is 2. The summed E-state index contributed by atoms with van der Waals surface area (Å²) in [5.41, 5.74) is 0.613. The van der Waals surface area contributed by atoms with Gasteiger partial charge in [0.25, 0.3) is 5.91 Å². The number of piperidine rings is 1. The molecule has 11 nitrogen and oxygen atoms in total. The minimum Gasteiger partial charge on any atom is -0.434 e. The van der Waals surface area contributed by atoms with E-state index in [0.29, 0.717) is 18.3 Å². The number of benzene rings is 1. The van der Waals surface area contributed by atoms with Crippen molar-refractivity contribution in [2.24, 2.45) is 11.8 Å². The number of ether oxygens (including phenoxy) is 1. The second-order valence-electron chi connectivity index (χ2n) is 10.6. The first kappa shape index (κ1) is 29.5. The van der Waals surface area contributed by atoms with Gasteiger partial charge in [-0.05, 0) is 55.5 Å². The molecule has 1 saturated heterocycles. The molecule has 3 aromatic heterocycles. The van der Waals surface area contributed by atoms with Crippen LogP contribution in [0.25, 0.3) is 11.3 Å². The van der Waals surface area contributed by atoms with Crippen LogP contribution in [-0.2, 0) is 11.4 Å². The molecular weight excluding hydrogens is 603 g/mol. The lowest BCUT2D eigenvalue weighted by molar-refractivity contribution is -0.118. The van der Waals surface area contributed by atoms with Crippen LogP contribution in [-0.4, -0.2) is 54.8 Å². The Hall–Kier alpha value is -4.56. The number of halogens is 4. The fourth-order valence-electron chi connectivity index (χ4n) is 5.32. The molecule has 0 bridgehead atoms. The third-order valence-electron chi connectivity index (χ3n) is 7.73. The minimum absolute atomic E-state index is 0.123. The maximum Gasteiger partial charge on any atom is 0.387 e. The smallest absolute Gasteiger partial charge is 0.387 e. The lowest BCUT2D eigenvalue weighted by Crippen LogP contribution is -2.29. The maximum atomic E-state index is 14.9. The molecule has 1 aliphatic heterocycles. The average molecular weight is 628 g/mol. The van der Waals surface area contributed by atoms with Crippen LogP contribution in [0, 0.1) is 24.6 Å². The number of aliphatic hydroxyl groups excluding tert-OH is 1. The number of fused-ring (bicyclic) bond motifs is 1. The van der Waals surface area contributed by atoms with Crippen LogP contribution in [0.5, 0.6) is 5.75 Å². The summed E-state index contributed by atoms with van der Waals surface area (Å²) in [6, 6.07) is 3.74. The Kier molecular flexibility index (Phi) is 7.72. The summed E-state index contributed by atoms with van der Waals surface area (Å²) in [6.07, 6.45) is 6.64. The number of anilines is 2. The van der Waals surface area contributed by atoms with Crippen molar-refractivity contribution in [1.82, 2.24) is 24.7 Å². The number of aryl methyl sites for hydroxylation is 1.